The summed E-state index contributed by atoms with van der Waals surface area (Å²) in [5.74, 6) is -2.42. The largest absolute Gasteiger partial charge is 0.481 e. The lowest BCUT2D eigenvalue weighted by Crippen LogP contribution is -2.30. The molecule has 4 heteroatoms. The molecule has 15 heavy (non-hydrogen) atoms. The average Bonchev–Trinajstić information content (AvgIpc) is 2.17. The van der Waals surface area contributed by atoms with Gasteiger partial charge in [0.15, 0.2) is 0 Å². The fourth-order valence-electron chi connectivity index (χ4n) is 1.67. The minimum absolute atomic E-state index is 0.301. The minimum Gasteiger partial charge on any atom is -0.481 e. The molecule has 2 unspecified atom stereocenters. The van der Waals surface area contributed by atoms with Crippen LogP contribution in [0, 0.1) is 11.8 Å². The molecule has 4 nitrogen and oxygen atoms in total. The predicted octanol–water partition coefficient (Wildman–Crippen LogP) is 2.08. The van der Waals surface area contributed by atoms with Gasteiger partial charge in [0, 0.05) is 0 Å². The van der Waals surface area contributed by atoms with Crippen molar-refractivity contribution in [1.82, 2.24) is 0 Å². The molecule has 0 radical (unpaired) electrons. The van der Waals surface area contributed by atoms with Gasteiger partial charge in [0.1, 0.15) is 0 Å². The quantitative estimate of drug-likeness (QED) is 0.662. The molecule has 0 aliphatic carbocycles. The maximum Gasteiger partial charge on any atom is 0.309 e. The van der Waals surface area contributed by atoms with Crippen LogP contribution in [0.25, 0.3) is 0 Å². The van der Waals surface area contributed by atoms with Crippen LogP contribution in [-0.2, 0) is 14.3 Å². The zero-order valence-corrected chi connectivity index (χ0v) is 9.66. The van der Waals surface area contributed by atoms with Crippen LogP contribution in [0.2, 0.25) is 0 Å². The average molecular weight is 216 g/mol. The molecule has 0 aromatic heterocycles. The van der Waals surface area contributed by atoms with E-state index in [1.807, 2.05) is 6.92 Å². The topological polar surface area (TPSA) is 63.6 Å². The van der Waals surface area contributed by atoms with Gasteiger partial charge in [-0.05, 0) is 19.8 Å². The Morgan fingerprint density at radius 2 is 1.80 bits per heavy atom. The Labute approximate surface area is 90.6 Å². The number of rotatable bonds is 7. The van der Waals surface area contributed by atoms with Crippen LogP contribution in [0.5, 0.6) is 0 Å². The van der Waals surface area contributed by atoms with Gasteiger partial charge in [0.25, 0.3) is 0 Å². The van der Waals surface area contributed by atoms with Crippen molar-refractivity contribution >= 4 is 11.9 Å². The molecule has 0 heterocycles. The third kappa shape index (κ3) is 4.32. The van der Waals surface area contributed by atoms with Crippen molar-refractivity contribution in [2.75, 3.05) is 6.61 Å². The first-order valence-electron chi connectivity index (χ1n) is 5.47. The standard InChI is InChI=1S/C11H20O4/c1-4-7-9(11(14)15-6-3)8(5-2)10(12)13/h8-9H,4-7H2,1-3H3,(H,12,13). The van der Waals surface area contributed by atoms with Gasteiger partial charge in [-0.3, -0.25) is 9.59 Å². The summed E-state index contributed by atoms with van der Waals surface area (Å²) >= 11 is 0. The smallest absolute Gasteiger partial charge is 0.309 e. The molecule has 0 spiro atoms. The van der Waals surface area contributed by atoms with Gasteiger partial charge in [-0.15, -0.1) is 0 Å². The molecule has 0 saturated heterocycles. The number of hydrogen-bond acceptors (Lipinski definition) is 3. The van der Waals surface area contributed by atoms with Gasteiger partial charge in [-0.2, -0.15) is 0 Å². The third-order valence-corrected chi connectivity index (χ3v) is 2.43. The lowest BCUT2D eigenvalue weighted by Gasteiger charge is -2.20. The second-order valence-corrected chi connectivity index (χ2v) is 3.50. The van der Waals surface area contributed by atoms with E-state index >= 15 is 0 Å². The number of carboxylic acid groups (broad SMARTS) is 1. The van der Waals surface area contributed by atoms with E-state index in [1.54, 1.807) is 13.8 Å². The second-order valence-electron chi connectivity index (χ2n) is 3.50. The Kier molecular flexibility index (Phi) is 6.75. The summed E-state index contributed by atoms with van der Waals surface area (Å²) in [7, 11) is 0. The van der Waals surface area contributed by atoms with Gasteiger partial charge in [-0.1, -0.05) is 20.3 Å². The van der Waals surface area contributed by atoms with Crippen molar-refractivity contribution in [3.8, 4) is 0 Å². The Hall–Kier alpha value is -1.06. The number of esters is 1. The number of aliphatic carboxylic acids is 1. The zero-order valence-electron chi connectivity index (χ0n) is 9.66. The van der Waals surface area contributed by atoms with E-state index < -0.39 is 17.8 Å². The van der Waals surface area contributed by atoms with Crippen LogP contribution in [0.4, 0.5) is 0 Å². The van der Waals surface area contributed by atoms with E-state index in [4.69, 9.17) is 9.84 Å². The Morgan fingerprint density at radius 3 is 2.13 bits per heavy atom. The monoisotopic (exact) mass is 216 g/mol. The van der Waals surface area contributed by atoms with Crippen LogP contribution in [0.1, 0.15) is 40.0 Å². The fraction of sp³-hybridized carbons (Fsp3) is 0.818. The molecule has 0 rings (SSSR count). The maximum atomic E-state index is 11.6. The van der Waals surface area contributed by atoms with E-state index in [1.165, 1.54) is 0 Å². The molecule has 1 N–H and O–H groups in total. The first-order chi connectivity index (χ1) is 7.08. The highest BCUT2D eigenvalue weighted by atomic mass is 16.5. The predicted molar refractivity (Wildman–Crippen MR) is 56.4 cm³/mol. The van der Waals surface area contributed by atoms with Crippen molar-refractivity contribution < 1.29 is 19.4 Å². The number of ether oxygens (including phenoxy) is 1. The summed E-state index contributed by atoms with van der Waals surface area (Å²) < 4.78 is 4.89. The Morgan fingerprint density at radius 1 is 1.20 bits per heavy atom. The highest BCUT2D eigenvalue weighted by molar-refractivity contribution is 5.81. The van der Waals surface area contributed by atoms with Gasteiger partial charge in [-0.25, -0.2) is 0 Å². The van der Waals surface area contributed by atoms with E-state index in [0.717, 1.165) is 6.42 Å². The molecular weight excluding hydrogens is 196 g/mol. The molecule has 0 aliphatic heterocycles. The minimum atomic E-state index is -0.913. The zero-order chi connectivity index (χ0) is 11.8. The number of carbonyl (C=O) groups is 2. The summed E-state index contributed by atoms with van der Waals surface area (Å²) in [6.45, 7) is 5.74. The molecule has 0 aromatic rings. The summed E-state index contributed by atoms with van der Waals surface area (Å²) in [4.78, 5) is 22.5. The van der Waals surface area contributed by atoms with E-state index in [-0.39, 0.29) is 5.97 Å². The van der Waals surface area contributed by atoms with Crippen LogP contribution in [0.3, 0.4) is 0 Å². The molecule has 88 valence electrons. The molecule has 0 aromatic carbocycles. The molecular formula is C11H20O4. The number of carboxylic acids is 1. The number of hydrogen-bond donors (Lipinski definition) is 1. The lowest BCUT2D eigenvalue weighted by molar-refractivity contribution is -0.158. The van der Waals surface area contributed by atoms with E-state index in [0.29, 0.717) is 19.4 Å². The lowest BCUT2D eigenvalue weighted by atomic mass is 9.86. The van der Waals surface area contributed by atoms with Crippen molar-refractivity contribution in [2.24, 2.45) is 11.8 Å². The first kappa shape index (κ1) is 13.9. The highest BCUT2D eigenvalue weighted by Crippen LogP contribution is 2.22. The van der Waals surface area contributed by atoms with Gasteiger partial charge < -0.3 is 9.84 Å². The van der Waals surface area contributed by atoms with Crippen molar-refractivity contribution in [3.63, 3.8) is 0 Å². The van der Waals surface area contributed by atoms with E-state index in [2.05, 4.69) is 0 Å². The van der Waals surface area contributed by atoms with Crippen molar-refractivity contribution in [3.05, 3.63) is 0 Å². The highest BCUT2D eigenvalue weighted by Gasteiger charge is 2.32. The van der Waals surface area contributed by atoms with E-state index in [9.17, 15) is 9.59 Å². The fourth-order valence-corrected chi connectivity index (χ4v) is 1.67. The van der Waals surface area contributed by atoms with Crippen LogP contribution >= 0.6 is 0 Å². The molecule has 0 saturated carbocycles. The molecule has 2 atom stereocenters. The summed E-state index contributed by atoms with van der Waals surface area (Å²) in [5, 5.41) is 8.98. The van der Waals surface area contributed by atoms with Crippen LogP contribution in [0.15, 0.2) is 0 Å². The molecule has 0 fully saturated rings. The van der Waals surface area contributed by atoms with Gasteiger partial charge in [0.05, 0.1) is 18.4 Å². The molecule has 0 aliphatic rings. The normalized spacial score (nSPS) is 14.3. The van der Waals surface area contributed by atoms with Crippen LogP contribution in [-0.4, -0.2) is 23.7 Å². The Balaban J connectivity index is 4.60. The molecule has 0 bridgehead atoms. The van der Waals surface area contributed by atoms with Crippen LogP contribution < -0.4 is 0 Å². The SMILES string of the molecule is CCCC(C(=O)OCC)C(CC)C(=O)O. The second kappa shape index (κ2) is 7.26. The summed E-state index contributed by atoms with van der Waals surface area (Å²) in [6.07, 6.45) is 1.82. The summed E-state index contributed by atoms with van der Waals surface area (Å²) in [6, 6.07) is 0. The van der Waals surface area contributed by atoms with Crippen molar-refractivity contribution in [1.29, 1.82) is 0 Å². The van der Waals surface area contributed by atoms with Crippen molar-refractivity contribution in [2.45, 2.75) is 40.0 Å². The molecule has 0 amide bonds. The first-order valence-corrected chi connectivity index (χ1v) is 5.47. The number of carbonyl (C=O) groups excluding carboxylic acids is 1. The third-order valence-electron chi connectivity index (χ3n) is 2.43. The summed E-state index contributed by atoms with van der Waals surface area (Å²) in [5.41, 5.74) is 0. The van der Waals surface area contributed by atoms with Gasteiger partial charge >= 0.3 is 11.9 Å². The van der Waals surface area contributed by atoms with Gasteiger partial charge in [0.2, 0.25) is 0 Å². The maximum absolute atomic E-state index is 11.6. The Bertz CT molecular complexity index is 213.